The second-order valence-electron chi connectivity index (χ2n) is 18.6. The Hall–Kier alpha value is -1.14. The number of unbranched alkanes of at least 4 members (excludes halogenated alkanes) is 30. The fourth-order valence-electron chi connectivity index (χ4n) is 9.31. The quantitative estimate of drug-likeness (QED) is 0.0267. The van der Waals surface area contributed by atoms with Gasteiger partial charge in [0, 0.05) is 62.2 Å². The third-order valence-electron chi connectivity index (χ3n) is 13.0. The van der Waals surface area contributed by atoms with E-state index in [-0.39, 0.29) is 61.2 Å². The Morgan fingerprint density at radius 3 is 0.800 bits per heavy atom. The van der Waals surface area contributed by atoms with Gasteiger partial charge in [0.2, 0.25) is 0 Å². The van der Waals surface area contributed by atoms with E-state index in [9.17, 15) is 25.9 Å². The third-order valence-corrected chi connectivity index (χ3v) is 15.0. The van der Waals surface area contributed by atoms with Crippen LogP contribution in [0.25, 0.3) is 21.5 Å². The Balaban J connectivity index is 0.000000440. The van der Waals surface area contributed by atoms with Crippen molar-refractivity contribution >= 4 is 93.2 Å². The molecule has 0 aliphatic heterocycles. The predicted molar refractivity (Wildman–Crippen MR) is 280 cm³/mol. The first-order valence-corrected chi connectivity index (χ1v) is 28.9. The van der Waals surface area contributed by atoms with Gasteiger partial charge in [-0.1, -0.05) is 279 Å². The largest absolute Gasteiger partial charge is 0.295 e. The number of hydrogen-bond acceptors (Lipinski definition) is 4. The van der Waals surface area contributed by atoms with Crippen LogP contribution in [0.1, 0.15) is 230 Å². The molecule has 2 N–H and O–H groups in total. The van der Waals surface area contributed by atoms with Crippen molar-refractivity contribution in [2.45, 2.75) is 242 Å². The molecule has 0 spiro atoms. The van der Waals surface area contributed by atoms with Gasteiger partial charge in [-0.3, -0.25) is 9.11 Å². The normalized spacial score (nSPS) is 11.8. The summed E-state index contributed by atoms with van der Waals surface area (Å²) in [6.45, 7) is 4.54. The Morgan fingerprint density at radius 1 is 0.323 bits per heavy atom. The summed E-state index contributed by atoms with van der Waals surface area (Å²) < 4.78 is 67.5. The van der Waals surface area contributed by atoms with Crippen LogP contribution >= 0.6 is 0 Å². The van der Waals surface area contributed by atoms with Crippen molar-refractivity contribution in [1.82, 2.24) is 0 Å². The maximum Gasteiger partial charge on any atom is 0.295 e. The van der Waals surface area contributed by atoms with E-state index in [4.69, 9.17) is 0 Å². The van der Waals surface area contributed by atoms with Gasteiger partial charge < -0.3 is 0 Å². The Kier molecular flexibility index (Phi) is 33.9. The van der Waals surface area contributed by atoms with Crippen LogP contribution in [0.4, 0.5) is 0 Å². The van der Waals surface area contributed by atoms with Crippen molar-refractivity contribution in [3.8, 4) is 0 Å². The minimum atomic E-state index is -4.23. The number of hydrogen-bond donors (Lipinski definition) is 2. The molecule has 0 aliphatic carbocycles. The van der Waals surface area contributed by atoms with E-state index in [1.165, 1.54) is 180 Å². The summed E-state index contributed by atoms with van der Waals surface area (Å²) in [5, 5.41) is 2.92. The van der Waals surface area contributed by atoms with Crippen LogP contribution in [-0.2, 0) is 33.1 Å². The van der Waals surface area contributed by atoms with Gasteiger partial charge in [0.05, 0.1) is 0 Å². The first-order chi connectivity index (χ1) is 31.1. The molecule has 0 atom stereocenters. The van der Waals surface area contributed by atoms with Gasteiger partial charge in [-0.15, -0.1) is 0 Å². The first-order valence-electron chi connectivity index (χ1n) is 26.0. The van der Waals surface area contributed by atoms with Crippen LogP contribution in [0.15, 0.2) is 82.6 Å². The molecule has 361 valence electrons. The van der Waals surface area contributed by atoms with E-state index in [0.29, 0.717) is 23.6 Å². The van der Waals surface area contributed by atoms with Gasteiger partial charge in [-0.25, -0.2) is 0 Å². The zero-order valence-corrected chi connectivity index (χ0v) is 46.1. The fourth-order valence-corrected chi connectivity index (χ4v) is 11.2. The van der Waals surface area contributed by atoms with Crippen molar-refractivity contribution in [2.75, 3.05) is 0 Å². The van der Waals surface area contributed by atoms with Crippen molar-refractivity contribution in [2.24, 2.45) is 0 Å². The maximum absolute atomic E-state index is 12.0. The minimum Gasteiger partial charge on any atom is -0.282 e. The summed E-state index contributed by atoms with van der Waals surface area (Å²) >= 11 is 0. The summed E-state index contributed by atoms with van der Waals surface area (Å²) in [7, 11) is -8.46. The number of rotatable bonds is 36. The minimum absolute atomic E-state index is 0. The molecule has 0 fully saturated rings. The van der Waals surface area contributed by atoms with E-state index in [1.54, 1.807) is 12.1 Å². The van der Waals surface area contributed by atoms with E-state index in [1.807, 2.05) is 60.7 Å². The Labute approximate surface area is 440 Å². The number of aryl methyl sites for hydroxylation is 2. The standard InChI is InChI=1S/2C28H44O3S.K/c2*1-2-3-4-5-6-7-8-9-10-11-12-13-14-15-16-17-21-26-24-23-25-20-18-19-22-27(25)28(26)32(29,30)31;/h2*18-20,22-24H,2-17,21H2,1H3,(H,29,30,31);. The molecule has 65 heavy (non-hydrogen) atoms. The second-order valence-corrected chi connectivity index (χ2v) is 21.3. The van der Waals surface area contributed by atoms with E-state index >= 15 is 0 Å². The molecule has 0 saturated carbocycles. The molecule has 4 rings (SSSR count). The van der Waals surface area contributed by atoms with E-state index in [0.717, 1.165) is 47.6 Å². The monoisotopic (exact) mass is 960 g/mol. The van der Waals surface area contributed by atoms with Crippen LogP contribution in [0.5, 0.6) is 0 Å². The molecule has 4 aromatic rings. The Bertz CT molecular complexity index is 1900. The van der Waals surface area contributed by atoms with Crippen molar-refractivity contribution < 1.29 is 25.9 Å². The van der Waals surface area contributed by atoms with Crippen LogP contribution in [-0.4, -0.2) is 77.3 Å². The zero-order valence-electron chi connectivity index (χ0n) is 41.3. The molecule has 0 heterocycles. The number of fused-ring (bicyclic) bond motifs is 2. The summed E-state index contributed by atoms with van der Waals surface area (Å²) in [5.74, 6) is 0. The molecule has 9 heteroatoms. The van der Waals surface area contributed by atoms with Gasteiger partial charge in [-0.2, -0.15) is 16.8 Å². The van der Waals surface area contributed by atoms with Crippen molar-refractivity contribution in [1.29, 1.82) is 0 Å². The van der Waals surface area contributed by atoms with Crippen molar-refractivity contribution in [3.63, 3.8) is 0 Å². The molecule has 0 bridgehead atoms. The summed E-state index contributed by atoms with van der Waals surface area (Å²) in [6.07, 6.45) is 43.7. The molecule has 0 unspecified atom stereocenters. The average molecular weight is 961 g/mol. The fraction of sp³-hybridized carbons (Fsp3) is 0.643. The molecule has 0 saturated heterocycles. The zero-order chi connectivity index (χ0) is 46.1. The maximum atomic E-state index is 12.0. The molecule has 0 aromatic heterocycles. The van der Waals surface area contributed by atoms with Crippen LogP contribution in [0.2, 0.25) is 0 Å². The van der Waals surface area contributed by atoms with Crippen molar-refractivity contribution in [3.05, 3.63) is 83.9 Å². The van der Waals surface area contributed by atoms with Crippen LogP contribution < -0.4 is 0 Å². The Morgan fingerprint density at radius 2 is 0.554 bits per heavy atom. The van der Waals surface area contributed by atoms with E-state index in [2.05, 4.69) is 13.8 Å². The van der Waals surface area contributed by atoms with Crippen LogP contribution in [0, 0.1) is 0 Å². The topological polar surface area (TPSA) is 109 Å². The van der Waals surface area contributed by atoms with E-state index < -0.39 is 20.2 Å². The van der Waals surface area contributed by atoms with Gasteiger partial charge in [0.1, 0.15) is 9.79 Å². The van der Waals surface area contributed by atoms with Gasteiger partial charge in [-0.05, 0) is 47.6 Å². The van der Waals surface area contributed by atoms with Gasteiger partial charge in [0.15, 0.2) is 0 Å². The molecule has 4 aromatic carbocycles. The molecular weight excluding hydrogens is 872 g/mol. The van der Waals surface area contributed by atoms with Gasteiger partial charge >= 0.3 is 0 Å². The molecule has 1 radical (unpaired) electrons. The average Bonchev–Trinajstić information content (AvgIpc) is 3.27. The SMILES string of the molecule is CCCCCCCCCCCCCCCCCCc1ccc2ccccc2c1S(=O)(=O)O.CCCCCCCCCCCCCCCCCCc1ccc2ccccc2c1S(=O)(=O)O.[K]. The summed E-state index contributed by atoms with van der Waals surface area (Å²) in [6, 6.07) is 22.3. The molecule has 0 amide bonds. The third kappa shape index (κ3) is 25.9. The van der Waals surface area contributed by atoms with Crippen LogP contribution in [0.3, 0.4) is 0 Å². The molecule has 6 nitrogen and oxygen atoms in total. The van der Waals surface area contributed by atoms with Gasteiger partial charge in [0.25, 0.3) is 20.2 Å². The smallest absolute Gasteiger partial charge is 0.282 e. The molecular formula is C56H88KO6S2. The first kappa shape index (κ1) is 60.0. The predicted octanol–water partition coefficient (Wildman–Crippen LogP) is 17.4. The summed E-state index contributed by atoms with van der Waals surface area (Å²) in [4.78, 5) is 0.188. The second kappa shape index (κ2) is 36.8. The number of benzene rings is 4. The summed E-state index contributed by atoms with van der Waals surface area (Å²) in [5.41, 5.74) is 1.47. The molecule has 0 aliphatic rings.